The van der Waals surface area contributed by atoms with Crippen LogP contribution in [0, 0.1) is 5.41 Å². The number of carbonyl (C=O) groups is 2. The number of hydrogen-bond donors (Lipinski definition) is 1. The zero-order valence-corrected chi connectivity index (χ0v) is 16.9. The van der Waals surface area contributed by atoms with E-state index >= 15 is 0 Å². The molecule has 1 aromatic carbocycles. The van der Waals surface area contributed by atoms with Gasteiger partial charge in [0.1, 0.15) is 5.60 Å². The van der Waals surface area contributed by atoms with Crippen LogP contribution in [0.25, 0.3) is 0 Å². The minimum absolute atomic E-state index is 0.118. The van der Waals surface area contributed by atoms with Gasteiger partial charge in [-0.3, -0.25) is 0 Å². The minimum atomic E-state index is -0.861. The second-order valence-corrected chi connectivity index (χ2v) is 9.45. The predicted octanol–water partition coefficient (Wildman–Crippen LogP) is 4.84. The Balaban J connectivity index is 1.67. The Morgan fingerprint density at radius 2 is 1.85 bits per heavy atom. The molecule has 0 atom stereocenters. The van der Waals surface area contributed by atoms with Gasteiger partial charge in [-0.25, -0.2) is 9.59 Å². The van der Waals surface area contributed by atoms with Crippen molar-refractivity contribution in [2.24, 2.45) is 5.41 Å². The van der Waals surface area contributed by atoms with E-state index in [0.717, 1.165) is 32.1 Å². The van der Waals surface area contributed by atoms with Crippen LogP contribution in [0.2, 0.25) is 0 Å². The van der Waals surface area contributed by atoms with Gasteiger partial charge in [0.15, 0.2) is 0 Å². The Hall–Kier alpha value is -2.04. The molecule has 1 aliphatic carbocycles. The first-order chi connectivity index (χ1) is 12.6. The number of piperidine rings is 1. The van der Waals surface area contributed by atoms with Crippen LogP contribution in [0.15, 0.2) is 18.2 Å². The molecule has 1 N–H and O–H groups in total. The zero-order chi connectivity index (χ0) is 19.8. The van der Waals surface area contributed by atoms with E-state index in [9.17, 15) is 14.7 Å². The summed E-state index contributed by atoms with van der Waals surface area (Å²) in [5.41, 5.74) is 2.52. The minimum Gasteiger partial charge on any atom is -0.478 e. The van der Waals surface area contributed by atoms with Crippen molar-refractivity contribution in [3.05, 3.63) is 34.9 Å². The van der Waals surface area contributed by atoms with Crippen molar-refractivity contribution in [3.63, 3.8) is 0 Å². The van der Waals surface area contributed by atoms with Gasteiger partial charge in [0, 0.05) is 13.1 Å². The molecule has 0 bridgehead atoms. The number of carbonyl (C=O) groups excluding carboxylic acids is 1. The zero-order valence-electron chi connectivity index (χ0n) is 16.9. The second kappa shape index (κ2) is 7.17. The number of hydrogen-bond acceptors (Lipinski definition) is 3. The molecular formula is C22H31NO4. The van der Waals surface area contributed by atoms with Crippen molar-refractivity contribution in [2.75, 3.05) is 13.1 Å². The number of likely N-dealkylation sites (tertiary alicyclic amines) is 1. The van der Waals surface area contributed by atoms with Crippen LogP contribution in [0.4, 0.5) is 4.79 Å². The van der Waals surface area contributed by atoms with E-state index in [1.54, 1.807) is 6.07 Å². The van der Waals surface area contributed by atoms with Gasteiger partial charge < -0.3 is 14.7 Å². The molecule has 5 heteroatoms. The molecule has 1 amide bonds. The average Bonchev–Trinajstić information content (AvgIpc) is 3.38. The first-order valence-electron chi connectivity index (χ1n) is 9.90. The summed E-state index contributed by atoms with van der Waals surface area (Å²) in [6.07, 6.45) is 4.86. The molecule has 2 fully saturated rings. The van der Waals surface area contributed by atoms with Crippen LogP contribution in [0.1, 0.15) is 80.8 Å². The summed E-state index contributed by atoms with van der Waals surface area (Å²) in [5, 5.41) is 9.29. The number of ether oxygens (including phenoxy) is 1. The van der Waals surface area contributed by atoms with Crippen LogP contribution < -0.4 is 0 Å². The molecule has 2 aliphatic rings. The normalized spacial score (nSPS) is 19.6. The highest BCUT2D eigenvalue weighted by Gasteiger charge is 2.35. The number of benzene rings is 1. The summed E-state index contributed by atoms with van der Waals surface area (Å²) in [6, 6.07) is 5.60. The summed E-state index contributed by atoms with van der Waals surface area (Å²) in [6.45, 7) is 9.35. The highest BCUT2D eigenvalue weighted by Crippen LogP contribution is 2.44. The molecule has 0 spiro atoms. The van der Waals surface area contributed by atoms with Crippen LogP contribution in [0.5, 0.6) is 0 Å². The smallest absolute Gasteiger partial charge is 0.410 e. The van der Waals surface area contributed by atoms with Crippen LogP contribution in [-0.4, -0.2) is 40.8 Å². The largest absolute Gasteiger partial charge is 0.478 e. The van der Waals surface area contributed by atoms with E-state index in [0.29, 0.717) is 24.6 Å². The molecule has 1 saturated heterocycles. The number of carboxylic acid groups (broad SMARTS) is 1. The van der Waals surface area contributed by atoms with Crippen molar-refractivity contribution in [1.82, 2.24) is 4.90 Å². The van der Waals surface area contributed by atoms with Gasteiger partial charge in [-0.2, -0.15) is 0 Å². The van der Waals surface area contributed by atoms with Crippen molar-refractivity contribution in [3.8, 4) is 0 Å². The molecule has 5 nitrogen and oxygen atoms in total. The van der Waals surface area contributed by atoms with Crippen molar-refractivity contribution in [2.45, 2.75) is 71.3 Å². The lowest BCUT2D eigenvalue weighted by Gasteiger charge is -2.40. The summed E-state index contributed by atoms with van der Waals surface area (Å²) < 4.78 is 5.49. The Morgan fingerprint density at radius 1 is 1.22 bits per heavy atom. The maximum absolute atomic E-state index is 12.3. The van der Waals surface area contributed by atoms with E-state index in [-0.39, 0.29) is 11.5 Å². The van der Waals surface area contributed by atoms with Gasteiger partial charge in [0.05, 0.1) is 5.56 Å². The van der Waals surface area contributed by atoms with Crippen LogP contribution >= 0.6 is 0 Å². The third-order valence-corrected chi connectivity index (χ3v) is 5.65. The van der Waals surface area contributed by atoms with Crippen LogP contribution in [0.3, 0.4) is 0 Å². The molecule has 0 radical (unpaired) electrons. The molecule has 0 unspecified atom stereocenters. The topological polar surface area (TPSA) is 66.8 Å². The quantitative estimate of drug-likeness (QED) is 0.820. The molecule has 27 heavy (non-hydrogen) atoms. The second-order valence-electron chi connectivity index (χ2n) is 9.45. The Labute approximate surface area is 161 Å². The van der Waals surface area contributed by atoms with Gasteiger partial charge in [-0.15, -0.1) is 0 Å². The van der Waals surface area contributed by atoms with Crippen molar-refractivity contribution < 1.29 is 19.4 Å². The van der Waals surface area contributed by atoms with E-state index in [1.807, 2.05) is 37.8 Å². The summed E-state index contributed by atoms with van der Waals surface area (Å²) in [7, 11) is 0. The number of rotatable bonds is 4. The van der Waals surface area contributed by atoms with Gasteiger partial charge in [0.2, 0.25) is 0 Å². The molecule has 1 saturated carbocycles. The molecule has 3 rings (SSSR count). The summed E-state index contributed by atoms with van der Waals surface area (Å²) in [4.78, 5) is 25.4. The number of carboxylic acids is 1. The first kappa shape index (κ1) is 19.7. The lowest BCUT2D eigenvalue weighted by molar-refractivity contribution is 0.0119. The summed E-state index contributed by atoms with van der Waals surface area (Å²) in [5.74, 6) is -0.343. The third-order valence-electron chi connectivity index (χ3n) is 5.65. The molecular weight excluding hydrogens is 342 g/mol. The highest BCUT2D eigenvalue weighted by molar-refractivity contribution is 5.88. The molecule has 148 valence electrons. The third kappa shape index (κ3) is 5.02. The number of nitrogens with zero attached hydrogens (tertiary/aromatic N) is 1. The highest BCUT2D eigenvalue weighted by atomic mass is 16.6. The fraction of sp³-hybridized carbons (Fsp3) is 0.636. The van der Waals surface area contributed by atoms with E-state index in [4.69, 9.17) is 4.74 Å². The molecule has 1 heterocycles. The number of aromatic carboxylic acids is 1. The molecule has 1 aromatic rings. The van der Waals surface area contributed by atoms with Gasteiger partial charge in [-0.05, 0) is 87.5 Å². The summed E-state index contributed by atoms with van der Waals surface area (Å²) >= 11 is 0. The predicted molar refractivity (Wildman–Crippen MR) is 104 cm³/mol. The molecule has 1 aliphatic heterocycles. The Morgan fingerprint density at radius 3 is 2.37 bits per heavy atom. The SMILES string of the molecule is CC1(Cc2ccc(C(=O)O)cc2C2CC2)CCN(C(=O)OC(C)(C)C)CC1. The standard InChI is InChI=1S/C22H31NO4/c1-21(2,3)27-20(26)23-11-9-22(4,10-12-23)14-17-8-7-16(19(24)25)13-18(17)15-5-6-15/h7-8,13,15H,5-6,9-12,14H2,1-4H3,(H,24,25). The fourth-order valence-electron chi connectivity index (χ4n) is 3.86. The Bertz CT molecular complexity index is 722. The molecule has 0 aromatic heterocycles. The van der Waals surface area contributed by atoms with Crippen molar-refractivity contribution in [1.29, 1.82) is 0 Å². The monoisotopic (exact) mass is 373 g/mol. The maximum atomic E-state index is 12.3. The van der Waals surface area contributed by atoms with Crippen LogP contribution in [-0.2, 0) is 11.2 Å². The van der Waals surface area contributed by atoms with Gasteiger partial charge >= 0.3 is 12.1 Å². The van der Waals surface area contributed by atoms with E-state index in [2.05, 4.69) is 6.92 Å². The Kier molecular flexibility index (Phi) is 5.24. The maximum Gasteiger partial charge on any atom is 0.410 e. The first-order valence-corrected chi connectivity index (χ1v) is 9.90. The van der Waals surface area contributed by atoms with E-state index in [1.165, 1.54) is 11.1 Å². The lowest BCUT2D eigenvalue weighted by Crippen LogP contribution is -2.45. The van der Waals surface area contributed by atoms with Crippen molar-refractivity contribution >= 4 is 12.1 Å². The van der Waals surface area contributed by atoms with Gasteiger partial charge in [0.25, 0.3) is 0 Å². The average molecular weight is 373 g/mol. The van der Waals surface area contributed by atoms with E-state index < -0.39 is 11.6 Å². The number of amides is 1. The fourth-order valence-corrected chi connectivity index (χ4v) is 3.86. The van der Waals surface area contributed by atoms with Gasteiger partial charge in [-0.1, -0.05) is 13.0 Å². The lowest BCUT2D eigenvalue weighted by atomic mass is 9.74.